The first kappa shape index (κ1) is 17.1. The maximum absolute atomic E-state index is 13.1. The highest BCUT2D eigenvalue weighted by Crippen LogP contribution is 2.12. The van der Waals surface area contributed by atoms with E-state index in [0.717, 1.165) is 11.6 Å². The van der Waals surface area contributed by atoms with E-state index in [1.54, 1.807) is 12.1 Å². The Morgan fingerprint density at radius 1 is 1.13 bits per heavy atom. The van der Waals surface area contributed by atoms with Crippen molar-refractivity contribution in [3.63, 3.8) is 0 Å². The number of aryl methyl sites for hydroxylation is 1. The Morgan fingerprint density at radius 3 is 2.39 bits per heavy atom. The first-order chi connectivity index (χ1) is 10.8. The van der Waals surface area contributed by atoms with E-state index in [1.165, 1.54) is 37.3 Å². The number of benzene rings is 2. The van der Waals surface area contributed by atoms with Crippen LogP contribution in [0.3, 0.4) is 0 Å². The minimum Gasteiger partial charge on any atom is -0.325 e. The first-order valence-corrected chi connectivity index (χ1v) is 8.42. The molecule has 23 heavy (non-hydrogen) atoms. The lowest BCUT2D eigenvalue weighted by molar-refractivity contribution is -0.117. The third kappa shape index (κ3) is 4.61. The van der Waals surface area contributed by atoms with E-state index < -0.39 is 27.8 Å². The van der Waals surface area contributed by atoms with Crippen molar-refractivity contribution in [1.29, 1.82) is 0 Å². The molecule has 0 radical (unpaired) electrons. The van der Waals surface area contributed by atoms with Gasteiger partial charge in [-0.05, 0) is 44.2 Å². The van der Waals surface area contributed by atoms with Gasteiger partial charge in [0.15, 0.2) is 0 Å². The normalized spacial score (nSPS) is 12.7. The van der Waals surface area contributed by atoms with Gasteiger partial charge < -0.3 is 5.32 Å². The fraction of sp³-hybridized carbons (Fsp3) is 0.188. The van der Waals surface area contributed by atoms with E-state index in [1.807, 2.05) is 6.92 Å². The molecule has 122 valence electrons. The van der Waals surface area contributed by atoms with Gasteiger partial charge in [-0.1, -0.05) is 23.8 Å². The van der Waals surface area contributed by atoms with Gasteiger partial charge in [-0.15, -0.1) is 0 Å². The number of rotatable bonds is 5. The van der Waals surface area contributed by atoms with Crippen molar-refractivity contribution in [2.75, 3.05) is 5.32 Å². The van der Waals surface area contributed by atoms with Crippen LogP contribution in [0.25, 0.3) is 0 Å². The number of hydrogen-bond donors (Lipinski definition) is 2. The van der Waals surface area contributed by atoms with E-state index in [9.17, 15) is 17.6 Å². The zero-order valence-electron chi connectivity index (χ0n) is 12.7. The van der Waals surface area contributed by atoms with Crippen molar-refractivity contribution >= 4 is 21.6 Å². The van der Waals surface area contributed by atoms with Crippen LogP contribution in [0.1, 0.15) is 12.5 Å². The lowest BCUT2D eigenvalue weighted by Crippen LogP contribution is -2.41. The molecule has 0 spiro atoms. The predicted octanol–water partition coefficient (Wildman–Crippen LogP) is 2.44. The maximum Gasteiger partial charge on any atom is 0.242 e. The highest BCUT2D eigenvalue weighted by Gasteiger charge is 2.22. The SMILES string of the molecule is Cc1ccc(S(=O)(=O)NC(C)C(=O)Nc2cccc(F)c2)cc1. The minimum atomic E-state index is -3.81. The molecule has 0 aliphatic rings. The summed E-state index contributed by atoms with van der Waals surface area (Å²) < 4.78 is 39.8. The molecule has 0 aliphatic heterocycles. The van der Waals surface area contributed by atoms with Crippen LogP contribution in [0.4, 0.5) is 10.1 Å². The van der Waals surface area contributed by atoms with Crippen LogP contribution in [-0.4, -0.2) is 20.4 Å². The molecule has 0 aromatic heterocycles. The largest absolute Gasteiger partial charge is 0.325 e. The van der Waals surface area contributed by atoms with Crippen molar-refractivity contribution in [2.45, 2.75) is 24.8 Å². The Hall–Kier alpha value is -2.25. The average molecular weight is 336 g/mol. The molecule has 2 N–H and O–H groups in total. The summed E-state index contributed by atoms with van der Waals surface area (Å²) in [6.07, 6.45) is 0. The van der Waals surface area contributed by atoms with E-state index in [2.05, 4.69) is 10.0 Å². The molecule has 2 rings (SSSR count). The van der Waals surface area contributed by atoms with E-state index in [0.29, 0.717) is 0 Å². The van der Waals surface area contributed by atoms with Gasteiger partial charge in [0.25, 0.3) is 0 Å². The number of hydrogen-bond acceptors (Lipinski definition) is 3. The molecule has 0 fully saturated rings. The van der Waals surface area contributed by atoms with Crippen LogP contribution in [0.2, 0.25) is 0 Å². The summed E-state index contributed by atoms with van der Waals surface area (Å²) in [4.78, 5) is 12.1. The fourth-order valence-electron chi connectivity index (χ4n) is 1.89. The van der Waals surface area contributed by atoms with Crippen LogP contribution >= 0.6 is 0 Å². The molecule has 2 aromatic carbocycles. The molecule has 0 saturated carbocycles. The van der Waals surface area contributed by atoms with Crippen molar-refractivity contribution in [1.82, 2.24) is 4.72 Å². The van der Waals surface area contributed by atoms with Gasteiger partial charge in [-0.25, -0.2) is 12.8 Å². The maximum atomic E-state index is 13.1. The highest BCUT2D eigenvalue weighted by atomic mass is 32.2. The number of nitrogens with one attached hydrogen (secondary N) is 2. The third-order valence-electron chi connectivity index (χ3n) is 3.15. The number of anilines is 1. The lowest BCUT2D eigenvalue weighted by Gasteiger charge is -2.14. The molecule has 5 nitrogen and oxygen atoms in total. The van der Waals surface area contributed by atoms with Gasteiger partial charge in [0, 0.05) is 5.69 Å². The Morgan fingerprint density at radius 2 is 1.78 bits per heavy atom. The van der Waals surface area contributed by atoms with Crippen molar-refractivity contribution in [3.05, 3.63) is 59.9 Å². The topological polar surface area (TPSA) is 75.3 Å². The highest BCUT2D eigenvalue weighted by molar-refractivity contribution is 7.89. The molecule has 0 saturated heterocycles. The summed E-state index contributed by atoms with van der Waals surface area (Å²) in [5.74, 6) is -1.07. The molecule has 7 heteroatoms. The van der Waals surface area contributed by atoms with Gasteiger partial charge in [0.05, 0.1) is 10.9 Å². The Balaban J connectivity index is 2.06. The zero-order chi connectivity index (χ0) is 17.0. The predicted molar refractivity (Wildman–Crippen MR) is 86.0 cm³/mol. The van der Waals surface area contributed by atoms with Crippen LogP contribution in [0.15, 0.2) is 53.4 Å². The molecule has 2 aromatic rings. The van der Waals surface area contributed by atoms with Crippen molar-refractivity contribution < 1.29 is 17.6 Å². The molecule has 0 aliphatic carbocycles. The Kier molecular flexibility index (Phi) is 5.12. The zero-order valence-corrected chi connectivity index (χ0v) is 13.5. The van der Waals surface area contributed by atoms with Gasteiger partial charge >= 0.3 is 0 Å². The Bertz CT molecular complexity index is 804. The second kappa shape index (κ2) is 6.89. The molecule has 1 unspecified atom stereocenters. The van der Waals surface area contributed by atoms with Gasteiger partial charge in [-0.3, -0.25) is 4.79 Å². The molecule has 0 bridgehead atoms. The summed E-state index contributed by atoms with van der Waals surface area (Å²) in [6, 6.07) is 10.6. The molecular weight excluding hydrogens is 319 g/mol. The van der Waals surface area contributed by atoms with E-state index >= 15 is 0 Å². The van der Waals surface area contributed by atoms with Crippen LogP contribution in [0.5, 0.6) is 0 Å². The molecule has 1 atom stereocenters. The third-order valence-corrected chi connectivity index (χ3v) is 4.71. The van der Waals surface area contributed by atoms with Crippen LogP contribution in [-0.2, 0) is 14.8 Å². The summed E-state index contributed by atoms with van der Waals surface area (Å²) in [5, 5.41) is 2.46. The van der Waals surface area contributed by atoms with E-state index in [4.69, 9.17) is 0 Å². The van der Waals surface area contributed by atoms with Gasteiger partial charge in [0.2, 0.25) is 15.9 Å². The lowest BCUT2D eigenvalue weighted by atomic mass is 10.2. The second-order valence-corrected chi connectivity index (χ2v) is 6.87. The summed E-state index contributed by atoms with van der Waals surface area (Å²) in [6.45, 7) is 3.26. The standard InChI is InChI=1S/C16H17FN2O3S/c1-11-6-8-15(9-7-11)23(21,22)19-12(2)16(20)18-14-5-3-4-13(17)10-14/h3-10,12,19H,1-2H3,(H,18,20). The monoisotopic (exact) mass is 336 g/mol. The minimum absolute atomic E-state index is 0.0773. The number of carbonyl (C=O) groups is 1. The summed E-state index contributed by atoms with van der Waals surface area (Å²) in [5.41, 5.74) is 1.19. The number of carbonyl (C=O) groups excluding carboxylic acids is 1. The quantitative estimate of drug-likeness (QED) is 0.880. The average Bonchev–Trinajstić information content (AvgIpc) is 2.47. The van der Waals surface area contributed by atoms with Crippen molar-refractivity contribution in [3.8, 4) is 0 Å². The van der Waals surface area contributed by atoms with Gasteiger partial charge in [-0.2, -0.15) is 4.72 Å². The molecule has 0 heterocycles. The number of amides is 1. The number of halogens is 1. The molecular formula is C16H17FN2O3S. The molecule has 1 amide bonds. The second-order valence-electron chi connectivity index (χ2n) is 5.16. The van der Waals surface area contributed by atoms with Crippen molar-refractivity contribution in [2.24, 2.45) is 0 Å². The summed E-state index contributed by atoms with van der Waals surface area (Å²) >= 11 is 0. The van der Waals surface area contributed by atoms with E-state index in [-0.39, 0.29) is 10.6 Å². The summed E-state index contributed by atoms with van der Waals surface area (Å²) in [7, 11) is -3.81. The van der Waals surface area contributed by atoms with Crippen LogP contribution < -0.4 is 10.0 Å². The van der Waals surface area contributed by atoms with Crippen LogP contribution in [0, 0.1) is 12.7 Å². The first-order valence-electron chi connectivity index (χ1n) is 6.93. The Labute approximate surface area is 134 Å². The smallest absolute Gasteiger partial charge is 0.242 e. The number of sulfonamides is 1. The fourth-order valence-corrected chi connectivity index (χ4v) is 3.09. The van der Waals surface area contributed by atoms with Gasteiger partial charge in [0.1, 0.15) is 5.82 Å².